The van der Waals surface area contributed by atoms with E-state index in [1.54, 1.807) is 26.2 Å². The number of hydrogen-bond donors (Lipinski definition) is 2. The van der Waals surface area contributed by atoms with Crippen molar-refractivity contribution in [1.29, 1.82) is 0 Å². The molecule has 9 heteroatoms. The van der Waals surface area contributed by atoms with Gasteiger partial charge >= 0.3 is 0 Å². The number of rotatable bonds is 10. The minimum absolute atomic E-state index is 0.0893. The van der Waals surface area contributed by atoms with Gasteiger partial charge in [-0.1, -0.05) is 0 Å². The number of carbonyl (C=O) groups is 1. The highest BCUT2D eigenvalue weighted by atomic mass is 32.2. The van der Waals surface area contributed by atoms with E-state index in [-0.39, 0.29) is 17.3 Å². The molecular weight excluding hydrogens is 358 g/mol. The van der Waals surface area contributed by atoms with E-state index in [4.69, 9.17) is 9.47 Å². The Balaban J connectivity index is 2.15. The van der Waals surface area contributed by atoms with Gasteiger partial charge in [0.05, 0.1) is 19.8 Å². The summed E-state index contributed by atoms with van der Waals surface area (Å²) in [5, 5.41) is 5.65. The largest absolute Gasteiger partial charge is 0.492 e. The molecule has 2 N–H and O–H groups in total. The third-order valence-electron chi connectivity index (χ3n) is 3.98. The highest BCUT2D eigenvalue weighted by molar-refractivity contribution is 7.89. The lowest BCUT2D eigenvalue weighted by molar-refractivity contribution is -0.115. The van der Waals surface area contributed by atoms with E-state index in [1.807, 2.05) is 0 Å². The Hall–Kier alpha value is -1.68. The van der Waals surface area contributed by atoms with Crippen LogP contribution in [0.25, 0.3) is 0 Å². The highest BCUT2D eigenvalue weighted by Gasteiger charge is 2.30. The molecule has 1 saturated heterocycles. The number of anilines is 1. The van der Waals surface area contributed by atoms with E-state index in [0.29, 0.717) is 44.3 Å². The highest BCUT2D eigenvalue weighted by Crippen LogP contribution is 2.31. The van der Waals surface area contributed by atoms with Gasteiger partial charge in [0.25, 0.3) is 0 Å². The number of nitrogens with zero attached hydrogens (tertiary/aromatic N) is 1. The average molecular weight is 385 g/mol. The maximum Gasteiger partial charge on any atom is 0.246 e. The molecule has 0 radical (unpaired) electrons. The molecule has 146 valence electrons. The lowest BCUT2D eigenvalue weighted by Gasteiger charge is -2.19. The molecule has 1 aromatic rings. The number of sulfonamides is 1. The van der Waals surface area contributed by atoms with E-state index in [2.05, 4.69) is 10.6 Å². The van der Waals surface area contributed by atoms with Crippen LogP contribution in [0.15, 0.2) is 23.1 Å². The summed E-state index contributed by atoms with van der Waals surface area (Å²) in [6.07, 6.45) is 1.71. The fourth-order valence-electron chi connectivity index (χ4n) is 2.71. The predicted octanol–water partition coefficient (Wildman–Crippen LogP) is 1.04. The van der Waals surface area contributed by atoms with Crippen molar-refractivity contribution >= 4 is 21.6 Å². The molecule has 0 spiro atoms. The molecule has 1 heterocycles. The molecule has 1 aliphatic heterocycles. The zero-order chi connectivity index (χ0) is 19.0. The number of hydrogen-bond acceptors (Lipinski definition) is 6. The van der Waals surface area contributed by atoms with Gasteiger partial charge in [-0.3, -0.25) is 4.79 Å². The number of nitrogens with one attached hydrogen (secondary N) is 2. The van der Waals surface area contributed by atoms with E-state index < -0.39 is 10.0 Å². The maximum absolute atomic E-state index is 12.9. The first-order valence-corrected chi connectivity index (χ1v) is 10.2. The van der Waals surface area contributed by atoms with Crippen LogP contribution in [0.1, 0.15) is 19.8 Å². The van der Waals surface area contributed by atoms with Gasteiger partial charge in [0.1, 0.15) is 10.6 Å². The first kappa shape index (κ1) is 20.6. The lowest BCUT2D eigenvalue weighted by Crippen LogP contribution is -2.30. The lowest BCUT2D eigenvalue weighted by atomic mass is 10.3. The fourth-order valence-corrected chi connectivity index (χ4v) is 4.39. The number of carbonyl (C=O) groups excluding carboxylic acids is 1. The van der Waals surface area contributed by atoms with Crippen molar-refractivity contribution in [3.63, 3.8) is 0 Å². The van der Waals surface area contributed by atoms with Crippen molar-refractivity contribution < 1.29 is 22.7 Å². The Morgan fingerprint density at radius 2 is 2.00 bits per heavy atom. The topological polar surface area (TPSA) is 97.0 Å². The van der Waals surface area contributed by atoms with Crippen molar-refractivity contribution in [3.8, 4) is 5.75 Å². The molecule has 0 saturated carbocycles. The zero-order valence-corrected chi connectivity index (χ0v) is 16.1. The molecule has 2 rings (SSSR count). The first-order valence-electron chi connectivity index (χ1n) is 8.75. The molecule has 0 unspecified atom stereocenters. The van der Waals surface area contributed by atoms with E-state index in [9.17, 15) is 13.2 Å². The van der Waals surface area contributed by atoms with Gasteiger partial charge in [0, 0.05) is 32.4 Å². The van der Waals surface area contributed by atoms with Crippen molar-refractivity contribution in [2.75, 3.05) is 51.8 Å². The van der Waals surface area contributed by atoms with Crippen molar-refractivity contribution in [2.24, 2.45) is 0 Å². The summed E-state index contributed by atoms with van der Waals surface area (Å²) in [5.41, 5.74) is 0.421. The molecule has 1 aromatic carbocycles. The van der Waals surface area contributed by atoms with Crippen LogP contribution in [0.4, 0.5) is 5.69 Å². The summed E-state index contributed by atoms with van der Waals surface area (Å²) in [5.74, 6) is 0.0467. The van der Waals surface area contributed by atoms with Crippen LogP contribution >= 0.6 is 0 Å². The summed E-state index contributed by atoms with van der Waals surface area (Å²) in [4.78, 5) is 12.1. The second-order valence-corrected chi connectivity index (χ2v) is 7.83. The second kappa shape index (κ2) is 9.86. The Bertz CT molecular complexity index is 702. The molecule has 0 atom stereocenters. The fraction of sp³-hybridized carbons (Fsp3) is 0.588. The van der Waals surface area contributed by atoms with Gasteiger partial charge in [-0.05, 0) is 38.0 Å². The summed E-state index contributed by atoms with van der Waals surface area (Å²) in [6, 6.07) is 4.69. The smallest absolute Gasteiger partial charge is 0.246 e. The Kier molecular flexibility index (Phi) is 7.83. The standard InChI is InChI=1S/C17H27N3O5S/c1-3-25-15-7-6-14(19-17(21)13-18-8-11-24-2)12-16(15)26(22,23)20-9-4-5-10-20/h6-7,12,18H,3-5,8-11,13H2,1-2H3,(H,19,21). The monoisotopic (exact) mass is 385 g/mol. The second-order valence-electron chi connectivity index (χ2n) is 5.92. The molecule has 0 aliphatic carbocycles. The summed E-state index contributed by atoms with van der Waals surface area (Å²) in [6.45, 7) is 4.36. The average Bonchev–Trinajstić information content (AvgIpc) is 3.16. The SMILES string of the molecule is CCOc1ccc(NC(=O)CNCCOC)cc1S(=O)(=O)N1CCCC1. The quantitative estimate of drug-likeness (QED) is 0.584. The van der Waals surface area contributed by atoms with Gasteiger partial charge in [-0.15, -0.1) is 0 Å². The third kappa shape index (κ3) is 5.41. The van der Waals surface area contributed by atoms with Gasteiger partial charge in [-0.25, -0.2) is 8.42 Å². The molecule has 0 bridgehead atoms. The molecule has 8 nitrogen and oxygen atoms in total. The molecule has 26 heavy (non-hydrogen) atoms. The van der Waals surface area contributed by atoms with E-state index in [1.165, 1.54) is 10.4 Å². The molecule has 0 aromatic heterocycles. The molecule has 1 amide bonds. The normalized spacial score (nSPS) is 15.2. The number of methoxy groups -OCH3 is 1. The molecule has 1 fully saturated rings. The minimum atomic E-state index is -3.65. The molecule has 1 aliphatic rings. The summed E-state index contributed by atoms with van der Waals surface area (Å²) in [7, 11) is -2.06. The van der Waals surface area contributed by atoms with Crippen LogP contribution < -0.4 is 15.4 Å². The van der Waals surface area contributed by atoms with Crippen LogP contribution in [-0.4, -0.2) is 65.1 Å². The van der Waals surface area contributed by atoms with Gasteiger partial charge in [-0.2, -0.15) is 4.31 Å². The zero-order valence-electron chi connectivity index (χ0n) is 15.3. The number of benzene rings is 1. The molecular formula is C17H27N3O5S. The van der Waals surface area contributed by atoms with E-state index >= 15 is 0 Å². The summed E-state index contributed by atoms with van der Waals surface area (Å²) < 4.78 is 37.7. The van der Waals surface area contributed by atoms with E-state index in [0.717, 1.165) is 12.8 Å². The maximum atomic E-state index is 12.9. The number of amides is 1. The Labute approximate surface area is 154 Å². The predicted molar refractivity (Wildman–Crippen MR) is 99.0 cm³/mol. The van der Waals surface area contributed by atoms with Crippen molar-refractivity contribution in [1.82, 2.24) is 9.62 Å². The summed E-state index contributed by atoms with van der Waals surface area (Å²) >= 11 is 0. The van der Waals surface area contributed by atoms with Crippen LogP contribution in [-0.2, 0) is 19.6 Å². The minimum Gasteiger partial charge on any atom is -0.492 e. The van der Waals surface area contributed by atoms with Crippen LogP contribution in [0, 0.1) is 0 Å². The van der Waals surface area contributed by atoms with Crippen molar-refractivity contribution in [2.45, 2.75) is 24.7 Å². The van der Waals surface area contributed by atoms with Gasteiger partial charge in [0.15, 0.2) is 0 Å². The Morgan fingerprint density at radius 1 is 1.27 bits per heavy atom. The van der Waals surface area contributed by atoms with Crippen LogP contribution in [0.3, 0.4) is 0 Å². The third-order valence-corrected chi connectivity index (χ3v) is 5.90. The van der Waals surface area contributed by atoms with Crippen LogP contribution in [0.5, 0.6) is 5.75 Å². The number of ether oxygens (including phenoxy) is 2. The first-order chi connectivity index (χ1) is 12.5. The van der Waals surface area contributed by atoms with Crippen LogP contribution in [0.2, 0.25) is 0 Å². The van der Waals surface area contributed by atoms with Crippen molar-refractivity contribution in [3.05, 3.63) is 18.2 Å². The Morgan fingerprint density at radius 3 is 2.65 bits per heavy atom. The van der Waals surface area contributed by atoms with Gasteiger partial charge in [0.2, 0.25) is 15.9 Å². The van der Waals surface area contributed by atoms with Gasteiger partial charge < -0.3 is 20.1 Å².